The van der Waals surface area contributed by atoms with Gasteiger partial charge in [0.2, 0.25) is 0 Å². The number of hydrogen-bond acceptors (Lipinski definition) is 3. The van der Waals surface area contributed by atoms with Gasteiger partial charge in [-0.05, 0) is 17.7 Å². The van der Waals surface area contributed by atoms with Gasteiger partial charge in [-0.3, -0.25) is 0 Å². The highest BCUT2D eigenvalue weighted by Gasteiger charge is 1.97. The first-order valence-electron chi connectivity index (χ1n) is 5.67. The summed E-state index contributed by atoms with van der Waals surface area (Å²) in [6.07, 6.45) is 1.86. The quantitative estimate of drug-likeness (QED) is 0.870. The van der Waals surface area contributed by atoms with Gasteiger partial charge in [0.05, 0.1) is 11.9 Å². The minimum Gasteiger partial charge on any atom is -0.380 e. The lowest BCUT2D eigenvalue weighted by Crippen LogP contribution is -2.10. The highest BCUT2D eigenvalue weighted by atomic mass is 15.1. The maximum Gasteiger partial charge on any atom is 0.128 e. The van der Waals surface area contributed by atoms with Crippen LogP contribution in [0.15, 0.2) is 48.7 Å². The molecule has 0 aliphatic heterocycles. The monoisotopic (exact) mass is 227 g/mol. The van der Waals surface area contributed by atoms with Crippen molar-refractivity contribution in [2.45, 2.75) is 6.54 Å². The summed E-state index contributed by atoms with van der Waals surface area (Å²) in [5.41, 5.74) is 2.31. The smallest absolute Gasteiger partial charge is 0.128 e. The van der Waals surface area contributed by atoms with Crippen LogP contribution in [0.4, 0.5) is 11.5 Å². The summed E-state index contributed by atoms with van der Waals surface area (Å²) < 4.78 is 0. The average Bonchev–Trinajstić information content (AvgIpc) is 2.38. The minimum atomic E-state index is 0.823. The summed E-state index contributed by atoms with van der Waals surface area (Å²) in [6.45, 7) is 0.823. The summed E-state index contributed by atoms with van der Waals surface area (Å²) in [6, 6.07) is 14.4. The van der Waals surface area contributed by atoms with E-state index in [4.69, 9.17) is 0 Å². The van der Waals surface area contributed by atoms with E-state index in [1.165, 1.54) is 5.56 Å². The molecule has 1 aromatic carbocycles. The van der Waals surface area contributed by atoms with Crippen molar-refractivity contribution in [2.24, 2.45) is 0 Å². The van der Waals surface area contributed by atoms with Crippen LogP contribution >= 0.6 is 0 Å². The highest BCUT2D eigenvalue weighted by molar-refractivity contribution is 5.48. The lowest BCUT2D eigenvalue weighted by atomic mass is 10.2. The second kappa shape index (κ2) is 5.34. The zero-order valence-corrected chi connectivity index (χ0v) is 10.2. The third kappa shape index (κ3) is 3.21. The van der Waals surface area contributed by atoms with Gasteiger partial charge in [-0.25, -0.2) is 4.98 Å². The van der Waals surface area contributed by atoms with E-state index in [0.717, 1.165) is 18.1 Å². The van der Waals surface area contributed by atoms with Crippen molar-refractivity contribution in [3.63, 3.8) is 0 Å². The summed E-state index contributed by atoms with van der Waals surface area (Å²) in [4.78, 5) is 6.34. The van der Waals surface area contributed by atoms with E-state index < -0.39 is 0 Å². The largest absolute Gasteiger partial charge is 0.380 e. The molecule has 2 aromatic rings. The maximum atomic E-state index is 4.35. The molecule has 0 saturated heterocycles. The number of hydrogen-bond donors (Lipinski definition) is 1. The van der Waals surface area contributed by atoms with Crippen LogP contribution in [-0.4, -0.2) is 19.1 Å². The van der Waals surface area contributed by atoms with Crippen LogP contribution in [0.2, 0.25) is 0 Å². The standard InChI is InChI=1S/C14H17N3/c1-17(2)14-9-8-13(11-16-14)15-10-12-6-4-3-5-7-12/h3-9,11,15H,10H2,1-2H3. The molecule has 3 nitrogen and oxygen atoms in total. The molecule has 0 aliphatic carbocycles. The third-order valence-corrected chi connectivity index (χ3v) is 2.55. The van der Waals surface area contributed by atoms with Gasteiger partial charge in [0.25, 0.3) is 0 Å². The average molecular weight is 227 g/mol. The highest BCUT2D eigenvalue weighted by Crippen LogP contribution is 2.12. The zero-order valence-electron chi connectivity index (χ0n) is 10.2. The number of nitrogens with one attached hydrogen (secondary N) is 1. The predicted octanol–water partition coefficient (Wildman–Crippen LogP) is 2.76. The molecule has 88 valence electrons. The van der Waals surface area contributed by atoms with Gasteiger partial charge in [-0.15, -0.1) is 0 Å². The summed E-state index contributed by atoms with van der Waals surface area (Å²) in [5, 5.41) is 3.35. The van der Waals surface area contributed by atoms with Crippen LogP contribution in [0.5, 0.6) is 0 Å². The maximum absolute atomic E-state index is 4.35. The van der Waals surface area contributed by atoms with E-state index in [-0.39, 0.29) is 0 Å². The van der Waals surface area contributed by atoms with Gasteiger partial charge in [0, 0.05) is 20.6 Å². The topological polar surface area (TPSA) is 28.2 Å². The Morgan fingerprint density at radius 3 is 2.41 bits per heavy atom. The molecule has 1 aromatic heterocycles. The molecule has 1 N–H and O–H groups in total. The van der Waals surface area contributed by atoms with Crippen molar-refractivity contribution in [1.82, 2.24) is 4.98 Å². The zero-order chi connectivity index (χ0) is 12.1. The second-order valence-electron chi connectivity index (χ2n) is 4.14. The Kier molecular flexibility index (Phi) is 3.60. The molecule has 0 atom stereocenters. The van der Waals surface area contributed by atoms with E-state index >= 15 is 0 Å². The molecule has 0 radical (unpaired) electrons. The third-order valence-electron chi connectivity index (χ3n) is 2.55. The Balaban J connectivity index is 1.96. The van der Waals surface area contributed by atoms with Gasteiger partial charge in [0.1, 0.15) is 5.82 Å². The molecular weight excluding hydrogens is 210 g/mol. The molecular formula is C14H17N3. The number of anilines is 2. The second-order valence-corrected chi connectivity index (χ2v) is 4.14. The summed E-state index contributed by atoms with van der Waals surface area (Å²) >= 11 is 0. The van der Waals surface area contributed by atoms with E-state index in [0.29, 0.717) is 0 Å². The van der Waals surface area contributed by atoms with Crippen LogP contribution < -0.4 is 10.2 Å². The first-order chi connectivity index (χ1) is 8.25. The van der Waals surface area contributed by atoms with Gasteiger partial charge >= 0.3 is 0 Å². The molecule has 0 aliphatic rings. The molecule has 0 amide bonds. The fraction of sp³-hybridized carbons (Fsp3) is 0.214. The molecule has 17 heavy (non-hydrogen) atoms. The molecule has 0 unspecified atom stereocenters. The lowest BCUT2D eigenvalue weighted by molar-refractivity contribution is 1.06. The number of pyridine rings is 1. The fourth-order valence-electron chi connectivity index (χ4n) is 1.56. The van der Waals surface area contributed by atoms with E-state index in [1.54, 1.807) is 0 Å². The van der Waals surface area contributed by atoms with E-state index in [2.05, 4.69) is 22.4 Å². The van der Waals surface area contributed by atoms with Gasteiger partial charge in [-0.2, -0.15) is 0 Å². The molecule has 2 rings (SSSR count). The number of aromatic nitrogens is 1. The van der Waals surface area contributed by atoms with Crippen molar-refractivity contribution in [2.75, 3.05) is 24.3 Å². The van der Waals surface area contributed by atoms with Crippen LogP contribution in [0.25, 0.3) is 0 Å². The molecule has 0 saturated carbocycles. The fourth-order valence-corrected chi connectivity index (χ4v) is 1.56. The van der Waals surface area contributed by atoms with Crippen LogP contribution in [0, 0.1) is 0 Å². The normalized spacial score (nSPS) is 10.0. The van der Waals surface area contributed by atoms with Gasteiger partial charge in [-0.1, -0.05) is 30.3 Å². The molecule has 0 spiro atoms. The Labute approximate surface area is 102 Å². The van der Waals surface area contributed by atoms with Crippen LogP contribution in [-0.2, 0) is 6.54 Å². The van der Waals surface area contributed by atoms with Crippen molar-refractivity contribution >= 4 is 11.5 Å². The van der Waals surface area contributed by atoms with Crippen molar-refractivity contribution < 1.29 is 0 Å². The van der Waals surface area contributed by atoms with Gasteiger partial charge in [0.15, 0.2) is 0 Å². The number of rotatable bonds is 4. The molecule has 1 heterocycles. The first kappa shape index (κ1) is 11.5. The van der Waals surface area contributed by atoms with Crippen molar-refractivity contribution in [1.29, 1.82) is 0 Å². The first-order valence-corrected chi connectivity index (χ1v) is 5.67. The molecule has 3 heteroatoms. The van der Waals surface area contributed by atoms with E-state index in [9.17, 15) is 0 Å². The van der Waals surface area contributed by atoms with Crippen LogP contribution in [0.1, 0.15) is 5.56 Å². The number of nitrogens with zero attached hydrogens (tertiary/aromatic N) is 2. The molecule has 0 bridgehead atoms. The summed E-state index contributed by atoms with van der Waals surface area (Å²) in [5.74, 6) is 0.968. The Bertz CT molecular complexity index is 449. The summed E-state index contributed by atoms with van der Waals surface area (Å²) in [7, 11) is 3.97. The SMILES string of the molecule is CN(C)c1ccc(NCc2ccccc2)cn1. The van der Waals surface area contributed by atoms with Crippen LogP contribution in [0.3, 0.4) is 0 Å². The minimum absolute atomic E-state index is 0.823. The Morgan fingerprint density at radius 1 is 1.06 bits per heavy atom. The predicted molar refractivity (Wildman–Crippen MR) is 72.3 cm³/mol. The van der Waals surface area contributed by atoms with Gasteiger partial charge < -0.3 is 10.2 Å². The van der Waals surface area contributed by atoms with Crippen molar-refractivity contribution in [3.8, 4) is 0 Å². The number of benzene rings is 1. The Hall–Kier alpha value is -2.03. The Morgan fingerprint density at radius 2 is 1.82 bits per heavy atom. The van der Waals surface area contributed by atoms with Crippen molar-refractivity contribution in [3.05, 3.63) is 54.2 Å². The van der Waals surface area contributed by atoms with E-state index in [1.807, 2.05) is 55.5 Å². The molecule has 0 fully saturated rings. The lowest BCUT2D eigenvalue weighted by Gasteiger charge is -2.12.